The van der Waals surface area contributed by atoms with Crippen LogP contribution in [0.5, 0.6) is 0 Å². The lowest BCUT2D eigenvalue weighted by Crippen LogP contribution is -2.12. The first-order chi connectivity index (χ1) is 9.13. The topological polar surface area (TPSA) is 40.9 Å². The summed E-state index contributed by atoms with van der Waals surface area (Å²) in [6.45, 7) is 1.88. The molecule has 2 aromatic carbocycles. The van der Waals surface area contributed by atoms with Gasteiger partial charge < -0.3 is 0 Å². The van der Waals surface area contributed by atoms with Crippen molar-refractivity contribution in [2.75, 3.05) is 0 Å². The molecule has 1 atom stereocenters. The number of Topliss-reactive ketones (excluding diaryl/α,β-unsaturated/α-hetero) is 1. The molecule has 1 unspecified atom stereocenters. The van der Waals surface area contributed by atoms with E-state index in [9.17, 15) is 10.1 Å². The minimum atomic E-state index is -0.755. The first-order valence-corrected chi connectivity index (χ1v) is 6.67. The Kier molecular flexibility index (Phi) is 4.13. The van der Waals surface area contributed by atoms with Crippen LogP contribution in [0.3, 0.4) is 0 Å². The van der Waals surface area contributed by atoms with Crippen LogP contribution in [0, 0.1) is 18.3 Å². The third kappa shape index (κ3) is 2.91. The van der Waals surface area contributed by atoms with Crippen LogP contribution >= 0.6 is 15.9 Å². The minimum absolute atomic E-state index is 0.150. The lowest BCUT2D eigenvalue weighted by Gasteiger charge is -2.10. The van der Waals surface area contributed by atoms with E-state index in [4.69, 9.17) is 0 Å². The number of hydrogen-bond donors (Lipinski definition) is 0. The number of carbonyl (C=O) groups excluding carboxylic acids is 1. The predicted octanol–water partition coefficient (Wildman–Crippen LogP) is 4.25. The molecule has 0 aliphatic heterocycles. The number of carbonyl (C=O) groups is 1. The average molecular weight is 314 g/mol. The highest BCUT2D eigenvalue weighted by Crippen LogP contribution is 2.23. The van der Waals surface area contributed by atoms with E-state index in [0.29, 0.717) is 5.56 Å². The molecule has 0 bridgehead atoms. The summed E-state index contributed by atoms with van der Waals surface area (Å²) in [5.41, 5.74) is 2.22. The van der Waals surface area contributed by atoms with Crippen molar-refractivity contribution in [3.63, 3.8) is 0 Å². The van der Waals surface area contributed by atoms with E-state index < -0.39 is 5.92 Å². The van der Waals surface area contributed by atoms with Crippen LogP contribution in [0.1, 0.15) is 27.4 Å². The molecule has 0 aromatic heterocycles. The third-order valence-electron chi connectivity index (χ3n) is 3.01. The van der Waals surface area contributed by atoms with Gasteiger partial charge in [0.25, 0.3) is 0 Å². The van der Waals surface area contributed by atoms with Gasteiger partial charge in [-0.3, -0.25) is 4.79 Å². The Morgan fingerprint density at radius 2 is 1.79 bits per heavy atom. The molecule has 0 saturated heterocycles. The zero-order valence-electron chi connectivity index (χ0n) is 10.4. The number of ketones is 1. The first-order valence-electron chi connectivity index (χ1n) is 5.88. The number of hydrogen-bond acceptors (Lipinski definition) is 2. The van der Waals surface area contributed by atoms with Gasteiger partial charge in [-0.15, -0.1) is 0 Å². The second kappa shape index (κ2) is 5.81. The van der Waals surface area contributed by atoms with Crippen LogP contribution in [0.2, 0.25) is 0 Å². The molecule has 0 spiro atoms. The minimum Gasteiger partial charge on any atom is -0.292 e. The largest absolute Gasteiger partial charge is 0.292 e. The standard InChI is InChI=1S/C16H12BrNO/c1-11-4-2-3-5-14(11)16(19)15(10-18)12-6-8-13(17)9-7-12/h2-9,15H,1H3. The molecule has 0 aliphatic rings. The van der Waals surface area contributed by atoms with Crippen molar-refractivity contribution < 1.29 is 4.79 Å². The molecule has 0 saturated carbocycles. The Labute approximate surface area is 120 Å². The predicted molar refractivity (Wildman–Crippen MR) is 78.0 cm³/mol. The summed E-state index contributed by atoms with van der Waals surface area (Å²) in [5.74, 6) is -0.905. The van der Waals surface area contributed by atoms with Crippen LogP contribution < -0.4 is 0 Å². The monoisotopic (exact) mass is 313 g/mol. The Morgan fingerprint density at radius 1 is 1.16 bits per heavy atom. The van der Waals surface area contributed by atoms with Crippen LogP contribution in [-0.4, -0.2) is 5.78 Å². The second-order valence-corrected chi connectivity index (χ2v) is 5.21. The Hall–Kier alpha value is -1.92. The molecular formula is C16H12BrNO. The number of nitriles is 1. The van der Waals surface area contributed by atoms with E-state index in [2.05, 4.69) is 22.0 Å². The van der Waals surface area contributed by atoms with Gasteiger partial charge in [-0.25, -0.2) is 0 Å². The maximum Gasteiger partial charge on any atom is 0.184 e. The van der Waals surface area contributed by atoms with Crippen molar-refractivity contribution in [2.45, 2.75) is 12.8 Å². The fourth-order valence-corrected chi connectivity index (χ4v) is 2.21. The lowest BCUT2D eigenvalue weighted by molar-refractivity contribution is 0.0978. The van der Waals surface area contributed by atoms with Gasteiger partial charge in [0.1, 0.15) is 5.92 Å². The summed E-state index contributed by atoms with van der Waals surface area (Å²) in [5, 5.41) is 9.29. The van der Waals surface area contributed by atoms with E-state index in [1.165, 1.54) is 0 Å². The highest BCUT2D eigenvalue weighted by Gasteiger charge is 2.22. The van der Waals surface area contributed by atoms with E-state index >= 15 is 0 Å². The summed E-state index contributed by atoms with van der Waals surface area (Å²) in [6, 6.07) is 16.7. The molecule has 94 valence electrons. The van der Waals surface area contributed by atoms with E-state index in [0.717, 1.165) is 15.6 Å². The fraction of sp³-hybridized carbons (Fsp3) is 0.125. The Bertz CT molecular complexity index is 641. The van der Waals surface area contributed by atoms with Crippen molar-refractivity contribution >= 4 is 21.7 Å². The summed E-state index contributed by atoms with van der Waals surface area (Å²) in [4.78, 5) is 12.4. The molecule has 0 N–H and O–H groups in total. The average Bonchev–Trinajstić information content (AvgIpc) is 2.42. The molecule has 19 heavy (non-hydrogen) atoms. The third-order valence-corrected chi connectivity index (χ3v) is 3.53. The normalized spacial score (nSPS) is 11.6. The van der Waals surface area contributed by atoms with Crippen molar-refractivity contribution in [3.8, 4) is 6.07 Å². The summed E-state index contributed by atoms with van der Waals surface area (Å²) in [6.07, 6.45) is 0. The van der Waals surface area contributed by atoms with Crippen LogP contribution in [0.25, 0.3) is 0 Å². The van der Waals surface area contributed by atoms with Crippen molar-refractivity contribution in [2.24, 2.45) is 0 Å². The van der Waals surface area contributed by atoms with Crippen molar-refractivity contribution in [1.82, 2.24) is 0 Å². The molecule has 0 amide bonds. The smallest absolute Gasteiger partial charge is 0.184 e. The van der Waals surface area contributed by atoms with E-state index in [1.807, 2.05) is 37.3 Å². The van der Waals surface area contributed by atoms with Gasteiger partial charge in [-0.1, -0.05) is 52.3 Å². The number of halogens is 1. The Morgan fingerprint density at radius 3 is 2.37 bits per heavy atom. The Balaban J connectivity index is 2.38. The van der Waals surface area contributed by atoms with Gasteiger partial charge in [0, 0.05) is 10.0 Å². The van der Waals surface area contributed by atoms with Gasteiger partial charge in [-0.05, 0) is 30.2 Å². The maximum atomic E-state index is 12.4. The first kappa shape index (κ1) is 13.5. The molecule has 2 nitrogen and oxygen atoms in total. The summed E-state index contributed by atoms with van der Waals surface area (Å²) in [7, 11) is 0. The highest BCUT2D eigenvalue weighted by atomic mass is 79.9. The highest BCUT2D eigenvalue weighted by molar-refractivity contribution is 9.10. The zero-order valence-corrected chi connectivity index (χ0v) is 12.0. The van der Waals surface area contributed by atoms with E-state index in [-0.39, 0.29) is 5.78 Å². The van der Waals surface area contributed by atoms with E-state index in [1.54, 1.807) is 18.2 Å². The maximum absolute atomic E-state index is 12.4. The van der Waals surface area contributed by atoms with Crippen molar-refractivity contribution in [1.29, 1.82) is 5.26 Å². The molecular weight excluding hydrogens is 302 g/mol. The van der Waals surface area contributed by atoms with Gasteiger partial charge in [0.15, 0.2) is 5.78 Å². The molecule has 2 rings (SSSR count). The second-order valence-electron chi connectivity index (χ2n) is 4.29. The molecule has 0 radical (unpaired) electrons. The van der Waals surface area contributed by atoms with Crippen molar-refractivity contribution in [3.05, 3.63) is 69.7 Å². The zero-order chi connectivity index (χ0) is 13.8. The van der Waals surface area contributed by atoms with Crippen LogP contribution in [-0.2, 0) is 0 Å². The van der Waals surface area contributed by atoms with Gasteiger partial charge in [-0.2, -0.15) is 5.26 Å². The quantitative estimate of drug-likeness (QED) is 0.795. The lowest BCUT2D eigenvalue weighted by atomic mass is 9.90. The SMILES string of the molecule is Cc1ccccc1C(=O)C(C#N)c1ccc(Br)cc1. The van der Waals surface area contributed by atoms with Crippen LogP contribution in [0.4, 0.5) is 0 Å². The van der Waals surface area contributed by atoms with Gasteiger partial charge >= 0.3 is 0 Å². The van der Waals surface area contributed by atoms with Crippen LogP contribution in [0.15, 0.2) is 53.0 Å². The summed E-state index contributed by atoms with van der Waals surface area (Å²) < 4.78 is 0.927. The molecule has 0 aliphatic carbocycles. The number of nitrogens with zero attached hydrogens (tertiary/aromatic N) is 1. The van der Waals surface area contributed by atoms with Gasteiger partial charge in [0.05, 0.1) is 6.07 Å². The number of rotatable bonds is 3. The molecule has 0 heterocycles. The molecule has 0 fully saturated rings. The molecule has 2 aromatic rings. The fourth-order valence-electron chi connectivity index (χ4n) is 1.94. The summed E-state index contributed by atoms with van der Waals surface area (Å²) >= 11 is 3.34. The van der Waals surface area contributed by atoms with Gasteiger partial charge in [0.2, 0.25) is 0 Å². The number of benzene rings is 2. The molecule has 3 heteroatoms. The number of aryl methyl sites for hydroxylation is 1.